The first-order valence-corrected chi connectivity index (χ1v) is 9.33. The van der Waals surface area contributed by atoms with E-state index in [1.54, 1.807) is 12.1 Å². The Kier molecular flexibility index (Phi) is 8.52. The Morgan fingerprint density at radius 1 is 1.03 bits per heavy atom. The van der Waals surface area contributed by atoms with E-state index in [0.717, 1.165) is 0 Å². The van der Waals surface area contributed by atoms with Crippen molar-refractivity contribution in [3.05, 3.63) is 48.0 Å². The second-order valence-electron chi connectivity index (χ2n) is 6.65. The highest BCUT2D eigenvalue weighted by Crippen LogP contribution is 2.11. The number of rotatable bonds is 11. The molecule has 0 saturated carbocycles. The topological polar surface area (TPSA) is 200 Å². The molecule has 166 valence electrons. The number of phenolic OH excluding ortho intramolecular Hbond substituents is 1. The maximum atomic E-state index is 12.5. The normalized spacial score (nSPS) is 12.4. The van der Waals surface area contributed by atoms with Crippen LogP contribution in [0.5, 0.6) is 5.75 Å². The number of imidazole rings is 1. The zero-order valence-corrected chi connectivity index (χ0v) is 16.5. The van der Waals surface area contributed by atoms with Gasteiger partial charge >= 0.3 is 5.97 Å². The van der Waals surface area contributed by atoms with Gasteiger partial charge in [0.15, 0.2) is 0 Å². The lowest BCUT2D eigenvalue weighted by Crippen LogP contribution is -2.52. The molecule has 0 bridgehead atoms. The maximum absolute atomic E-state index is 12.5. The maximum Gasteiger partial charge on any atom is 0.326 e. The predicted molar refractivity (Wildman–Crippen MR) is 108 cm³/mol. The Morgan fingerprint density at radius 2 is 1.71 bits per heavy atom. The van der Waals surface area contributed by atoms with Crippen molar-refractivity contribution in [1.29, 1.82) is 0 Å². The quantitative estimate of drug-likeness (QED) is 0.212. The van der Waals surface area contributed by atoms with E-state index < -0.39 is 42.3 Å². The molecule has 0 aliphatic rings. The molecular weight excluding hydrogens is 408 g/mol. The van der Waals surface area contributed by atoms with E-state index in [1.165, 1.54) is 24.7 Å². The molecule has 2 rings (SSSR count). The van der Waals surface area contributed by atoms with Crippen LogP contribution < -0.4 is 21.7 Å². The average molecular weight is 432 g/mol. The minimum absolute atomic E-state index is 0.00887. The highest BCUT2D eigenvalue weighted by Gasteiger charge is 2.24. The van der Waals surface area contributed by atoms with Crippen molar-refractivity contribution in [3.8, 4) is 5.75 Å². The number of aromatic nitrogens is 2. The molecule has 2 atom stereocenters. The van der Waals surface area contributed by atoms with Gasteiger partial charge in [-0.1, -0.05) is 12.1 Å². The Morgan fingerprint density at radius 3 is 2.29 bits per heavy atom. The van der Waals surface area contributed by atoms with Gasteiger partial charge in [0, 0.05) is 24.7 Å². The Bertz CT molecular complexity index is 899. The molecule has 12 nitrogen and oxygen atoms in total. The van der Waals surface area contributed by atoms with Gasteiger partial charge in [0.25, 0.3) is 0 Å². The van der Waals surface area contributed by atoms with E-state index in [1.807, 2.05) is 0 Å². The van der Waals surface area contributed by atoms with Crippen LogP contribution in [0.3, 0.4) is 0 Å². The second kappa shape index (κ2) is 11.3. The van der Waals surface area contributed by atoms with Crippen molar-refractivity contribution in [1.82, 2.24) is 25.9 Å². The van der Waals surface area contributed by atoms with Crippen LogP contribution in [0.2, 0.25) is 0 Å². The van der Waals surface area contributed by atoms with E-state index in [9.17, 15) is 29.4 Å². The van der Waals surface area contributed by atoms with E-state index in [-0.39, 0.29) is 25.1 Å². The van der Waals surface area contributed by atoms with Crippen molar-refractivity contribution in [2.75, 3.05) is 13.1 Å². The van der Waals surface area contributed by atoms with Gasteiger partial charge in [0.2, 0.25) is 17.7 Å². The number of aliphatic carboxylic acids is 1. The number of nitrogens with zero attached hydrogens (tertiary/aromatic N) is 1. The van der Waals surface area contributed by atoms with Crippen LogP contribution in [0.1, 0.15) is 11.3 Å². The molecule has 12 heteroatoms. The predicted octanol–water partition coefficient (Wildman–Crippen LogP) is -1.97. The summed E-state index contributed by atoms with van der Waals surface area (Å²) >= 11 is 0. The van der Waals surface area contributed by atoms with Gasteiger partial charge in [-0.3, -0.25) is 14.4 Å². The van der Waals surface area contributed by atoms with Gasteiger partial charge in [-0.2, -0.15) is 0 Å². The molecule has 31 heavy (non-hydrogen) atoms. The third-order valence-corrected chi connectivity index (χ3v) is 4.25. The van der Waals surface area contributed by atoms with E-state index in [0.29, 0.717) is 11.3 Å². The fraction of sp³-hybridized carbons (Fsp3) is 0.316. The summed E-state index contributed by atoms with van der Waals surface area (Å²) in [5, 5.41) is 25.8. The number of hydrogen-bond donors (Lipinski definition) is 7. The summed E-state index contributed by atoms with van der Waals surface area (Å²) in [5.74, 6) is -3.11. The molecule has 8 N–H and O–H groups in total. The number of nitrogens with one attached hydrogen (secondary N) is 4. The number of aromatic hydroxyl groups is 1. The molecule has 0 saturated heterocycles. The number of benzene rings is 1. The number of carboxylic acid groups (broad SMARTS) is 1. The minimum Gasteiger partial charge on any atom is -0.508 e. The molecule has 3 amide bonds. The monoisotopic (exact) mass is 432 g/mol. The summed E-state index contributed by atoms with van der Waals surface area (Å²) in [4.78, 5) is 54.2. The van der Waals surface area contributed by atoms with Gasteiger partial charge in [0.05, 0.1) is 19.4 Å². The first kappa shape index (κ1) is 23.3. The van der Waals surface area contributed by atoms with Crippen LogP contribution in [0.15, 0.2) is 36.8 Å². The minimum atomic E-state index is -1.24. The van der Waals surface area contributed by atoms with Crippen LogP contribution in [0.25, 0.3) is 0 Å². The molecule has 2 unspecified atom stereocenters. The Hall–Kier alpha value is -3.93. The number of hydrogen-bond acceptors (Lipinski definition) is 7. The summed E-state index contributed by atoms with van der Waals surface area (Å²) in [5.41, 5.74) is 6.47. The highest BCUT2D eigenvalue weighted by molar-refractivity contribution is 5.92. The summed E-state index contributed by atoms with van der Waals surface area (Å²) in [7, 11) is 0. The van der Waals surface area contributed by atoms with Gasteiger partial charge in [-0.05, 0) is 17.7 Å². The van der Waals surface area contributed by atoms with Crippen molar-refractivity contribution in [2.45, 2.75) is 24.9 Å². The van der Waals surface area contributed by atoms with E-state index >= 15 is 0 Å². The van der Waals surface area contributed by atoms with Crippen LogP contribution in [0.4, 0.5) is 0 Å². The fourth-order valence-electron chi connectivity index (χ4n) is 2.68. The van der Waals surface area contributed by atoms with Crippen LogP contribution in [0, 0.1) is 0 Å². The lowest BCUT2D eigenvalue weighted by Gasteiger charge is -2.19. The van der Waals surface area contributed by atoms with Crippen molar-refractivity contribution in [3.63, 3.8) is 0 Å². The molecule has 0 aliphatic heterocycles. The van der Waals surface area contributed by atoms with Crippen LogP contribution in [-0.4, -0.2) is 69.0 Å². The standard InChI is InChI=1S/C19H24N6O6/c20-7-16(27)24-14(5-11-1-3-13(26)4-2-11)18(29)22-9-17(28)25-15(19(30)31)6-12-8-21-10-23-12/h1-4,8,10,14-15,26H,5-7,9,20H2,(H,21,23)(H,22,29)(H,24,27)(H,25,28)(H,30,31). The number of carbonyl (C=O) groups is 4. The summed E-state index contributed by atoms with van der Waals surface area (Å²) in [6, 6.07) is 3.82. The highest BCUT2D eigenvalue weighted by atomic mass is 16.4. The number of amides is 3. The number of nitrogens with two attached hydrogens (primary N) is 1. The number of aromatic amines is 1. The smallest absolute Gasteiger partial charge is 0.326 e. The number of carboxylic acids is 1. The zero-order chi connectivity index (χ0) is 22.8. The van der Waals surface area contributed by atoms with Gasteiger partial charge in [-0.25, -0.2) is 9.78 Å². The largest absolute Gasteiger partial charge is 0.508 e. The first-order chi connectivity index (χ1) is 14.8. The van der Waals surface area contributed by atoms with Gasteiger partial charge in [-0.15, -0.1) is 0 Å². The molecule has 1 heterocycles. The molecule has 0 aliphatic carbocycles. The van der Waals surface area contributed by atoms with E-state index in [2.05, 4.69) is 25.9 Å². The zero-order valence-electron chi connectivity index (χ0n) is 16.5. The summed E-state index contributed by atoms with van der Waals surface area (Å²) in [6.45, 7) is -0.816. The molecule has 0 fully saturated rings. The first-order valence-electron chi connectivity index (χ1n) is 9.33. The molecule has 2 aromatic rings. The van der Waals surface area contributed by atoms with Crippen molar-refractivity contribution < 1.29 is 29.4 Å². The molecule has 1 aromatic carbocycles. The Balaban J connectivity index is 1.94. The summed E-state index contributed by atoms with van der Waals surface area (Å²) < 4.78 is 0. The number of phenols is 1. The molecule has 0 spiro atoms. The second-order valence-corrected chi connectivity index (χ2v) is 6.65. The van der Waals surface area contributed by atoms with Crippen molar-refractivity contribution >= 4 is 23.7 Å². The Labute approximate surface area is 177 Å². The third-order valence-electron chi connectivity index (χ3n) is 4.25. The molecule has 0 radical (unpaired) electrons. The third kappa shape index (κ3) is 7.78. The van der Waals surface area contributed by atoms with Crippen molar-refractivity contribution in [2.24, 2.45) is 5.73 Å². The van der Waals surface area contributed by atoms with Gasteiger partial charge in [0.1, 0.15) is 17.8 Å². The number of H-pyrrole nitrogens is 1. The lowest BCUT2D eigenvalue weighted by atomic mass is 10.0. The van der Waals surface area contributed by atoms with Gasteiger partial charge < -0.3 is 36.9 Å². The number of carbonyl (C=O) groups excluding carboxylic acids is 3. The summed E-state index contributed by atoms with van der Waals surface area (Å²) in [6.07, 6.45) is 2.92. The molecular formula is C19H24N6O6. The average Bonchev–Trinajstić information content (AvgIpc) is 3.25. The fourth-order valence-corrected chi connectivity index (χ4v) is 2.68. The lowest BCUT2D eigenvalue weighted by molar-refractivity contribution is -0.141. The van der Waals surface area contributed by atoms with E-state index in [4.69, 9.17) is 5.73 Å². The van der Waals surface area contributed by atoms with Crippen LogP contribution >= 0.6 is 0 Å². The van der Waals surface area contributed by atoms with Crippen LogP contribution in [-0.2, 0) is 32.0 Å². The molecule has 1 aromatic heterocycles. The SMILES string of the molecule is NCC(=O)NC(Cc1ccc(O)cc1)C(=O)NCC(=O)NC(Cc1cnc[nH]1)C(=O)O.